The highest BCUT2D eigenvalue weighted by molar-refractivity contribution is 9.10. The van der Waals surface area contributed by atoms with Gasteiger partial charge in [-0.1, -0.05) is 35.3 Å². The lowest BCUT2D eigenvalue weighted by molar-refractivity contribution is 0.161. The standard InChI is InChI=1S/C14H20BrFN2.ClH/c1-2-3-14(18-8-6-17-7-9-18)12-5-4-11(15)10-13(12)16;/h4-5,10,14,17H,2-3,6-9H2,1H3;1H/t14-;/m0./s1. The zero-order valence-electron chi connectivity index (χ0n) is 11.2. The largest absolute Gasteiger partial charge is 0.314 e. The predicted octanol–water partition coefficient (Wildman–Crippen LogP) is 3.76. The third-order valence-electron chi connectivity index (χ3n) is 3.48. The summed E-state index contributed by atoms with van der Waals surface area (Å²) >= 11 is 3.32. The molecule has 0 aliphatic carbocycles. The summed E-state index contributed by atoms with van der Waals surface area (Å²) in [5.41, 5.74) is 0.835. The number of rotatable bonds is 4. The van der Waals surface area contributed by atoms with E-state index in [-0.39, 0.29) is 24.3 Å². The van der Waals surface area contributed by atoms with Crippen molar-refractivity contribution in [2.24, 2.45) is 0 Å². The fourth-order valence-corrected chi connectivity index (χ4v) is 2.91. The second kappa shape index (κ2) is 8.20. The van der Waals surface area contributed by atoms with E-state index in [2.05, 4.69) is 33.1 Å². The van der Waals surface area contributed by atoms with Gasteiger partial charge in [0.2, 0.25) is 0 Å². The van der Waals surface area contributed by atoms with E-state index in [4.69, 9.17) is 0 Å². The Balaban J connectivity index is 0.00000180. The molecule has 0 bridgehead atoms. The minimum Gasteiger partial charge on any atom is -0.314 e. The Hall–Kier alpha value is -0.160. The lowest BCUT2D eigenvalue weighted by atomic mass is 9.99. The molecule has 0 aromatic heterocycles. The van der Waals surface area contributed by atoms with Gasteiger partial charge in [-0.25, -0.2) is 4.39 Å². The summed E-state index contributed by atoms with van der Waals surface area (Å²) in [5, 5.41) is 3.34. The van der Waals surface area contributed by atoms with Crippen LogP contribution in [0, 0.1) is 5.82 Å². The molecule has 1 atom stereocenters. The fraction of sp³-hybridized carbons (Fsp3) is 0.571. The molecule has 19 heavy (non-hydrogen) atoms. The predicted molar refractivity (Wildman–Crippen MR) is 83.4 cm³/mol. The van der Waals surface area contributed by atoms with Crippen LogP contribution in [0.4, 0.5) is 4.39 Å². The summed E-state index contributed by atoms with van der Waals surface area (Å²) in [6.07, 6.45) is 2.09. The molecule has 108 valence electrons. The van der Waals surface area contributed by atoms with Gasteiger partial charge in [0.25, 0.3) is 0 Å². The molecule has 0 spiro atoms. The van der Waals surface area contributed by atoms with Gasteiger partial charge in [-0.15, -0.1) is 12.4 Å². The molecular formula is C14H21BrClFN2. The lowest BCUT2D eigenvalue weighted by Crippen LogP contribution is -2.45. The topological polar surface area (TPSA) is 15.3 Å². The van der Waals surface area contributed by atoms with Crippen LogP contribution in [-0.4, -0.2) is 31.1 Å². The number of hydrogen-bond acceptors (Lipinski definition) is 2. The van der Waals surface area contributed by atoms with Crippen molar-refractivity contribution in [2.75, 3.05) is 26.2 Å². The number of nitrogens with one attached hydrogen (secondary N) is 1. The summed E-state index contributed by atoms with van der Waals surface area (Å²) < 4.78 is 14.9. The van der Waals surface area contributed by atoms with E-state index in [1.165, 1.54) is 0 Å². The van der Waals surface area contributed by atoms with Crippen LogP contribution in [0.5, 0.6) is 0 Å². The number of halogens is 3. The second-order valence-corrected chi connectivity index (χ2v) is 5.67. The first-order valence-corrected chi connectivity index (χ1v) is 7.41. The highest BCUT2D eigenvalue weighted by Gasteiger charge is 2.23. The van der Waals surface area contributed by atoms with Gasteiger partial charge in [-0.2, -0.15) is 0 Å². The molecule has 0 radical (unpaired) electrons. The minimum absolute atomic E-state index is 0. The Bertz CT molecular complexity index is 397. The average Bonchev–Trinajstić information content (AvgIpc) is 2.38. The van der Waals surface area contributed by atoms with E-state index in [9.17, 15) is 4.39 Å². The van der Waals surface area contributed by atoms with Gasteiger partial charge >= 0.3 is 0 Å². The van der Waals surface area contributed by atoms with Crippen LogP contribution < -0.4 is 5.32 Å². The fourth-order valence-electron chi connectivity index (χ4n) is 2.57. The monoisotopic (exact) mass is 350 g/mol. The Kier molecular flexibility index (Phi) is 7.29. The van der Waals surface area contributed by atoms with Gasteiger partial charge in [-0.3, -0.25) is 4.90 Å². The molecule has 2 rings (SSSR count). The number of benzene rings is 1. The van der Waals surface area contributed by atoms with Crippen LogP contribution in [0.3, 0.4) is 0 Å². The normalized spacial score (nSPS) is 17.8. The van der Waals surface area contributed by atoms with Crippen molar-refractivity contribution in [3.8, 4) is 0 Å². The van der Waals surface area contributed by atoms with Crippen LogP contribution >= 0.6 is 28.3 Å². The molecule has 0 unspecified atom stereocenters. The third-order valence-corrected chi connectivity index (χ3v) is 3.97. The van der Waals surface area contributed by atoms with E-state index in [1.807, 2.05) is 12.1 Å². The van der Waals surface area contributed by atoms with Gasteiger partial charge in [0.05, 0.1) is 0 Å². The zero-order chi connectivity index (χ0) is 13.0. The van der Waals surface area contributed by atoms with Gasteiger partial charge in [0.1, 0.15) is 5.82 Å². The van der Waals surface area contributed by atoms with Crippen LogP contribution in [-0.2, 0) is 0 Å². The zero-order valence-corrected chi connectivity index (χ0v) is 13.6. The quantitative estimate of drug-likeness (QED) is 0.888. The second-order valence-electron chi connectivity index (χ2n) is 4.76. The molecule has 1 heterocycles. The van der Waals surface area contributed by atoms with E-state index in [0.29, 0.717) is 0 Å². The van der Waals surface area contributed by atoms with E-state index in [0.717, 1.165) is 49.1 Å². The van der Waals surface area contributed by atoms with Crippen LogP contribution in [0.1, 0.15) is 31.4 Å². The van der Waals surface area contributed by atoms with E-state index >= 15 is 0 Å². The molecule has 1 aromatic rings. The SMILES string of the molecule is CCC[C@@H](c1ccc(Br)cc1F)N1CCNCC1.Cl. The third kappa shape index (κ3) is 4.42. The van der Waals surface area contributed by atoms with Gasteiger partial charge in [0, 0.05) is 42.3 Å². The first-order chi connectivity index (χ1) is 8.72. The summed E-state index contributed by atoms with van der Waals surface area (Å²) in [6.45, 7) is 6.16. The van der Waals surface area contributed by atoms with Crippen molar-refractivity contribution in [3.63, 3.8) is 0 Å². The van der Waals surface area contributed by atoms with Gasteiger partial charge in [-0.05, 0) is 18.6 Å². The average molecular weight is 352 g/mol. The summed E-state index contributed by atoms with van der Waals surface area (Å²) in [6, 6.07) is 5.64. The molecule has 1 aromatic carbocycles. The summed E-state index contributed by atoms with van der Waals surface area (Å²) in [4.78, 5) is 2.40. The van der Waals surface area contributed by atoms with Crippen LogP contribution in [0.25, 0.3) is 0 Å². The van der Waals surface area contributed by atoms with Crippen LogP contribution in [0.2, 0.25) is 0 Å². The summed E-state index contributed by atoms with van der Waals surface area (Å²) in [7, 11) is 0. The van der Waals surface area contributed by atoms with Crippen molar-refractivity contribution in [2.45, 2.75) is 25.8 Å². The maximum atomic E-state index is 14.1. The molecule has 0 amide bonds. The van der Waals surface area contributed by atoms with Crippen LogP contribution in [0.15, 0.2) is 22.7 Å². The Morgan fingerprint density at radius 1 is 1.37 bits per heavy atom. The van der Waals surface area contributed by atoms with E-state index in [1.54, 1.807) is 6.07 Å². The first-order valence-electron chi connectivity index (χ1n) is 6.62. The number of piperazine rings is 1. The molecule has 1 saturated heterocycles. The van der Waals surface area contributed by atoms with Crippen molar-refractivity contribution in [3.05, 3.63) is 34.1 Å². The summed E-state index contributed by atoms with van der Waals surface area (Å²) in [5.74, 6) is -0.0960. The van der Waals surface area contributed by atoms with Gasteiger partial charge in [0.15, 0.2) is 0 Å². The molecule has 2 nitrogen and oxygen atoms in total. The lowest BCUT2D eigenvalue weighted by Gasteiger charge is -2.35. The maximum Gasteiger partial charge on any atom is 0.129 e. The minimum atomic E-state index is -0.0960. The Morgan fingerprint density at radius 3 is 2.63 bits per heavy atom. The highest BCUT2D eigenvalue weighted by Crippen LogP contribution is 2.29. The molecule has 1 aliphatic heterocycles. The Labute approximate surface area is 129 Å². The van der Waals surface area contributed by atoms with Crippen molar-refractivity contribution in [1.29, 1.82) is 0 Å². The molecule has 1 aliphatic rings. The Morgan fingerprint density at radius 2 is 2.05 bits per heavy atom. The number of hydrogen-bond donors (Lipinski definition) is 1. The van der Waals surface area contributed by atoms with E-state index < -0.39 is 0 Å². The molecule has 0 saturated carbocycles. The number of nitrogens with zero attached hydrogens (tertiary/aromatic N) is 1. The molecule has 5 heteroatoms. The maximum absolute atomic E-state index is 14.1. The molecular weight excluding hydrogens is 331 g/mol. The van der Waals surface area contributed by atoms with Gasteiger partial charge < -0.3 is 5.32 Å². The van der Waals surface area contributed by atoms with Crippen molar-refractivity contribution < 1.29 is 4.39 Å². The first kappa shape index (κ1) is 16.9. The smallest absolute Gasteiger partial charge is 0.129 e. The molecule has 1 N–H and O–H groups in total. The molecule has 1 fully saturated rings. The van der Waals surface area contributed by atoms with Crippen molar-refractivity contribution in [1.82, 2.24) is 10.2 Å². The van der Waals surface area contributed by atoms with Crippen molar-refractivity contribution >= 4 is 28.3 Å². The highest BCUT2D eigenvalue weighted by atomic mass is 79.9.